The molecule has 3 amide bonds. The lowest BCUT2D eigenvalue weighted by Gasteiger charge is -2.07. The highest BCUT2D eigenvalue weighted by molar-refractivity contribution is 5.94. The highest BCUT2D eigenvalue weighted by atomic mass is 16.3. The summed E-state index contributed by atoms with van der Waals surface area (Å²) in [7, 11) is 0. The molecule has 5 N–H and O–H groups in total. The molecule has 6 heteroatoms. The van der Waals surface area contributed by atoms with Gasteiger partial charge in [0, 0.05) is 18.7 Å². The Morgan fingerprint density at radius 1 is 1.25 bits per heavy atom. The monoisotopic (exact) mass is 279 g/mol. The third-order valence-corrected chi connectivity index (χ3v) is 2.77. The third kappa shape index (κ3) is 6.19. The second-order valence-corrected chi connectivity index (χ2v) is 4.66. The van der Waals surface area contributed by atoms with E-state index in [1.54, 1.807) is 31.2 Å². The molecule has 110 valence electrons. The van der Waals surface area contributed by atoms with E-state index in [-0.39, 0.29) is 12.0 Å². The fourth-order valence-corrected chi connectivity index (χ4v) is 1.66. The second-order valence-electron chi connectivity index (χ2n) is 4.66. The minimum absolute atomic E-state index is 0.148. The third-order valence-electron chi connectivity index (χ3n) is 2.77. The topological polar surface area (TPSA) is 104 Å². The van der Waals surface area contributed by atoms with Gasteiger partial charge in [-0.25, -0.2) is 4.79 Å². The fourth-order valence-electron chi connectivity index (χ4n) is 1.66. The Balaban J connectivity index is 2.39. The molecule has 0 spiro atoms. The maximum absolute atomic E-state index is 11.8. The molecule has 0 saturated carbocycles. The van der Waals surface area contributed by atoms with Crippen molar-refractivity contribution in [1.29, 1.82) is 0 Å². The molecular weight excluding hydrogens is 258 g/mol. The number of nitrogens with two attached hydrogens (primary N) is 1. The lowest BCUT2D eigenvalue weighted by atomic mass is 10.1. The normalized spacial score (nSPS) is 11.7. The molecule has 1 aromatic carbocycles. The number of hydrogen-bond donors (Lipinski definition) is 4. The van der Waals surface area contributed by atoms with Gasteiger partial charge in [0.2, 0.25) is 0 Å². The lowest BCUT2D eigenvalue weighted by Crippen LogP contribution is -2.28. The van der Waals surface area contributed by atoms with Crippen molar-refractivity contribution in [1.82, 2.24) is 10.6 Å². The van der Waals surface area contributed by atoms with Crippen molar-refractivity contribution in [2.45, 2.75) is 32.4 Å². The van der Waals surface area contributed by atoms with Crippen LogP contribution in [0, 0.1) is 0 Å². The van der Waals surface area contributed by atoms with Crippen molar-refractivity contribution in [3.8, 4) is 0 Å². The minimum atomic E-state index is -0.579. The molecule has 0 aliphatic heterocycles. The summed E-state index contributed by atoms with van der Waals surface area (Å²) >= 11 is 0. The Kier molecular flexibility index (Phi) is 6.52. The first-order valence-electron chi connectivity index (χ1n) is 6.57. The first kappa shape index (κ1) is 16.0. The van der Waals surface area contributed by atoms with Gasteiger partial charge in [-0.3, -0.25) is 4.79 Å². The smallest absolute Gasteiger partial charge is 0.312 e. The van der Waals surface area contributed by atoms with Crippen LogP contribution >= 0.6 is 0 Å². The predicted octanol–water partition coefficient (Wildman–Crippen LogP) is 0.746. The van der Waals surface area contributed by atoms with Gasteiger partial charge in [0.15, 0.2) is 0 Å². The summed E-state index contributed by atoms with van der Waals surface area (Å²) in [5.74, 6) is -0.148. The van der Waals surface area contributed by atoms with Crippen LogP contribution in [0.4, 0.5) is 4.79 Å². The van der Waals surface area contributed by atoms with Gasteiger partial charge < -0.3 is 21.5 Å². The van der Waals surface area contributed by atoms with Crippen molar-refractivity contribution in [3.63, 3.8) is 0 Å². The fraction of sp³-hybridized carbons (Fsp3) is 0.429. The number of rotatable bonds is 7. The number of amides is 3. The number of hydrogen-bond acceptors (Lipinski definition) is 3. The van der Waals surface area contributed by atoms with E-state index in [9.17, 15) is 9.59 Å². The maximum Gasteiger partial charge on any atom is 0.312 e. The van der Waals surface area contributed by atoms with Crippen molar-refractivity contribution in [2.24, 2.45) is 5.73 Å². The maximum atomic E-state index is 11.8. The number of aliphatic hydroxyl groups excluding tert-OH is 1. The summed E-state index contributed by atoms with van der Waals surface area (Å²) in [5, 5.41) is 14.4. The number of benzene rings is 1. The van der Waals surface area contributed by atoms with Gasteiger partial charge >= 0.3 is 6.03 Å². The Bertz CT molecular complexity index is 443. The van der Waals surface area contributed by atoms with Gasteiger partial charge in [0.25, 0.3) is 5.91 Å². The van der Waals surface area contributed by atoms with Crippen molar-refractivity contribution >= 4 is 11.9 Å². The van der Waals surface area contributed by atoms with E-state index in [1.165, 1.54) is 0 Å². The van der Waals surface area contributed by atoms with Gasteiger partial charge in [-0.15, -0.1) is 0 Å². The molecule has 0 fully saturated rings. The standard InChI is InChI=1S/C14H21N3O3/c1-10(18)3-2-8-16-13(19)12-6-4-11(5-7-12)9-17-14(15)20/h4-7,10,18H,2-3,8-9H2,1H3,(H,16,19)(H3,15,17,20). The molecule has 0 bridgehead atoms. The summed E-state index contributed by atoms with van der Waals surface area (Å²) in [6.45, 7) is 2.60. The Morgan fingerprint density at radius 3 is 2.45 bits per heavy atom. The Labute approximate surface area is 118 Å². The quantitative estimate of drug-likeness (QED) is 0.553. The summed E-state index contributed by atoms with van der Waals surface area (Å²) in [6, 6.07) is 6.34. The summed E-state index contributed by atoms with van der Waals surface area (Å²) in [4.78, 5) is 22.4. The zero-order valence-corrected chi connectivity index (χ0v) is 11.6. The number of carbonyl (C=O) groups excluding carboxylic acids is 2. The van der Waals surface area contributed by atoms with Crippen molar-refractivity contribution in [2.75, 3.05) is 6.54 Å². The minimum Gasteiger partial charge on any atom is -0.393 e. The van der Waals surface area contributed by atoms with Crippen LogP contribution in [-0.4, -0.2) is 29.7 Å². The van der Waals surface area contributed by atoms with Gasteiger partial charge in [-0.1, -0.05) is 12.1 Å². The van der Waals surface area contributed by atoms with Crippen molar-refractivity contribution < 1.29 is 14.7 Å². The van der Waals surface area contributed by atoms with Crippen molar-refractivity contribution in [3.05, 3.63) is 35.4 Å². The van der Waals surface area contributed by atoms with Gasteiger partial charge in [-0.2, -0.15) is 0 Å². The molecule has 0 aromatic heterocycles. The van der Waals surface area contributed by atoms with Gasteiger partial charge in [0.05, 0.1) is 6.10 Å². The average Bonchev–Trinajstić information content (AvgIpc) is 2.41. The molecule has 0 saturated heterocycles. The summed E-state index contributed by atoms with van der Waals surface area (Å²) in [5.41, 5.74) is 6.41. The van der Waals surface area contributed by atoms with Gasteiger partial charge in [-0.05, 0) is 37.5 Å². The van der Waals surface area contributed by atoms with Crippen LogP contribution in [0.2, 0.25) is 0 Å². The molecule has 20 heavy (non-hydrogen) atoms. The SMILES string of the molecule is CC(O)CCCNC(=O)c1ccc(CNC(N)=O)cc1. The van der Waals surface area contributed by atoms with Crippen LogP contribution in [0.1, 0.15) is 35.7 Å². The number of carbonyl (C=O) groups is 2. The molecule has 0 aliphatic rings. The van der Waals surface area contributed by atoms with E-state index < -0.39 is 6.03 Å². The molecule has 1 unspecified atom stereocenters. The molecule has 1 aromatic rings. The number of primary amides is 1. The summed E-state index contributed by atoms with van der Waals surface area (Å²) in [6.07, 6.45) is 1.06. The zero-order chi connectivity index (χ0) is 15.0. The second kappa shape index (κ2) is 8.16. The van der Waals surface area contributed by atoms with E-state index in [1.807, 2.05) is 0 Å². The molecule has 0 aliphatic carbocycles. The van der Waals surface area contributed by atoms with Crippen LogP contribution in [0.15, 0.2) is 24.3 Å². The van der Waals surface area contributed by atoms with E-state index in [2.05, 4.69) is 10.6 Å². The zero-order valence-electron chi connectivity index (χ0n) is 11.6. The van der Waals surface area contributed by atoms with E-state index >= 15 is 0 Å². The highest BCUT2D eigenvalue weighted by Crippen LogP contribution is 2.04. The largest absolute Gasteiger partial charge is 0.393 e. The van der Waals surface area contributed by atoms with Crippen LogP contribution < -0.4 is 16.4 Å². The molecule has 0 radical (unpaired) electrons. The molecule has 0 heterocycles. The van der Waals surface area contributed by atoms with E-state index in [4.69, 9.17) is 10.8 Å². The predicted molar refractivity (Wildman–Crippen MR) is 76.1 cm³/mol. The molecular formula is C14H21N3O3. The highest BCUT2D eigenvalue weighted by Gasteiger charge is 2.05. The number of nitrogens with one attached hydrogen (secondary N) is 2. The number of aliphatic hydroxyl groups is 1. The van der Waals surface area contributed by atoms with Crippen LogP contribution in [0.5, 0.6) is 0 Å². The van der Waals surface area contributed by atoms with E-state index in [0.717, 1.165) is 12.0 Å². The van der Waals surface area contributed by atoms with Crippen LogP contribution in [-0.2, 0) is 6.54 Å². The van der Waals surface area contributed by atoms with Crippen LogP contribution in [0.3, 0.4) is 0 Å². The molecule has 6 nitrogen and oxygen atoms in total. The molecule has 1 atom stereocenters. The van der Waals surface area contributed by atoms with E-state index in [0.29, 0.717) is 25.1 Å². The van der Waals surface area contributed by atoms with Gasteiger partial charge in [0.1, 0.15) is 0 Å². The lowest BCUT2D eigenvalue weighted by molar-refractivity contribution is 0.0949. The number of urea groups is 1. The first-order chi connectivity index (χ1) is 9.49. The Morgan fingerprint density at radius 2 is 1.90 bits per heavy atom. The summed E-state index contributed by atoms with van der Waals surface area (Å²) < 4.78 is 0. The van der Waals surface area contributed by atoms with Crippen LogP contribution in [0.25, 0.3) is 0 Å². The first-order valence-corrected chi connectivity index (χ1v) is 6.57. The Hall–Kier alpha value is -2.08. The molecule has 1 rings (SSSR count). The average molecular weight is 279 g/mol.